The number of phenolic OH excluding ortho intramolecular Hbond substituents is 1. The first-order valence-corrected chi connectivity index (χ1v) is 7.07. The van der Waals surface area contributed by atoms with Gasteiger partial charge in [0.25, 0.3) is 0 Å². The summed E-state index contributed by atoms with van der Waals surface area (Å²) in [6, 6.07) is 5.84. The van der Waals surface area contributed by atoms with Crippen LogP contribution >= 0.6 is 10.9 Å². The van der Waals surface area contributed by atoms with E-state index >= 15 is 0 Å². The molecule has 0 bridgehead atoms. The lowest BCUT2D eigenvalue weighted by molar-refractivity contribution is 0.441. The summed E-state index contributed by atoms with van der Waals surface area (Å²) in [6.07, 6.45) is 4.44. The molecule has 0 unspecified atom stereocenters. The van der Waals surface area contributed by atoms with Gasteiger partial charge in [-0.2, -0.15) is 0 Å². The SMILES string of the molecule is C[SH](C)c1cccc(O)c1C(C)(C)C. The summed E-state index contributed by atoms with van der Waals surface area (Å²) in [5, 5.41) is 9.89. The van der Waals surface area contributed by atoms with Gasteiger partial charge in [0, 0.05) is 5.56 Å². The van der Waals surface area contributed by atoms with Gasteiger partial charge in [0.1, 0.15) is 5.75 Å². The molecule has 0 saturated carbocycles. The molecule has 1 N–H and O–H groups in total. The van der Waals surface area contributed by atoms with Crippen molar-refractivity contribution in [3.05, 3.63) is 23.8 Å². The molecule has 1 rings (SSSR count). The van der Waals surface area contributed by atoms with E-state index < -0.39 is 0 Å². The zero-order valence-electron chi connectivity index (χ0n) is 9.63. The van der Waals surface area contributed by atoms with Gasteiger partial charge in [-0.25, -0.2) is 10.9 Å². The number of benzene rings is 1. The third-order valence-electron chi connectivity index (χ3n) is 2.25. The molecule has 0 fully saturated rings. The van der Waals surface area contributed by atoms with Gasteiger partial charge in [-0.1, -0.05) is 26.8 Å². The highest BCUT2D eigenvalue weighted by Crippen LogP contribution is 2.42. The van der Waals surface area contributed by atoms with E-state index in [2.05, 4.69) is 39.3 Å². The number of rotatable bonds is 1. The van der Waals surface area contributed by atoms with Crippen molar-refractivity contribution < 1.29 is 5.11 Å². The number of aromatic hydroxyl groups is 1. The van der Waals surface area contributed by atoms with Gasteiger partial charge in [-0.15, -0.1) is 0 Å². The molecule has 1 aromatic carbocycles. The van der Waals surface area contributed by atoms with Crippen molar-refractivity contribution in [1.82, 2.24) is 0 Å². The van der Waals surface area contributed by atoms with Crippen LogP contribution in [0, 0.1) is 0 Å². The van der Waals surface area contributed by atoms with Crippen LogP contribution in [0.2, 0.25) is 0 Å². The van der Waals surface area contributed by atoms with Gasteiger partial charge in [0.05, 0.1) is 0 Å². The average molecular weight is 212 g/mol. The fraction of sp³-hybridized carbons (Fsp3) is 0.500. The molecule has 0 spiro atoms. The van der Waals surface area contributed by atoms with Crippen LogP contribution < -0.4 is 0 Å². The summed E-state index contributed by atoms with van der Waals surface area (Å²) < 4.78 is 0. The summed E-state index contributed by atoms with van der Waals surface area (Å²) in [5.41, 5.74) is 1.13. The molecule has 2 heteroatoms. The fourth-order valence-corrected chi connectivity index (χ4v) is 2.95. The third kappa shape index (κ3) is 2.24. The van der Waals surface area contributed by atoms with Crippen LogP contribution in [0.3, 0.4) is 0 Å². The van der Waals surface area contributed by atoms with E-state index in [1.807, 2.05) is 6.07 Å². The number of hydrogen-bond donors (Lipinski definition) is 2. The topological polar surface area (TPSA) is 20.2 Å². The maximum atomic E-state index is 9.89. The van der Waals surface area contributed by atoms with E-state index in [1.165, 1.54) is 4.90 Å². The Balaban J connectivity index is 3.38. The molecule has 0 atom stereocenters. The smallest absolute Gasteiger partial charge is 0.120 e. The molecule has 0 aliphatic carbocycles. The van der Waals surface area contributed by atoms with Gasteiger partial charge in [-0.3, -0.25) is 0 Å². The van der Waals surface area contributed by atoms with E-state index in [9.17, 15) is 5.11 Å². The Morgan fingerprint density at radius 2 is 1.71 bits per heavy atom. The van der Waals surface area contributed by atoms with Crippen molar-refractivity contribution in [3.8, 4) is 5.75 Å². The highest BCUT2D eigenvalue weighted by Gasteiger charge is 2.22. The van der Waals surface area contributed by atoms with Gasteiger partial charge in [-0.05, 0) is 35.0 Å². The van der Waals surface area contributed by atoms with E-state index in [-0.39, 0.29) is 16.3 Å². The first-order chi connectivity index (χ1) is 6.34. The summed E-state index contributed by atoms with van der Waals surface area (Å²) in [5.74, 6) is 0.436. The van der Waals surface area contributed by atoms with E-state index in [0.29, 0.717) is 5.75 Å². The van der Waals surface area contributed by atoms with Crippen LogP contribution in [0.25, 0.3) is 0 Å². The minimum Gasteiger partial charge on any atom is -0.508 e. The van der Waals surface area contributed by atoms with Crippen molar-refractivity contribution in [2.75, 3.05) is 12.5 Å². The number of thiol groups is 1. The van der Waals surface area contributed by atoms with Crippen LogP contribution in [0.1, 0.15) is 26.3 Å². The molecule has 1 aromatic rings. The molecule has 0 amide bonds. The van der Waals surface area contributed by atoms with Crippen molar-refractivity contribution in [3.63, 3.8) is 0 Å². The molecule has 0 radical (unpaired) electrons. The Bertz CT molecular complexity index is 324. The summed E-state index contributed by atoms with van der Waals surface area (Å²) >= 11 is 0. The lowest BCUT2D eigenvalue weighted by atomic mass is 9.86. The van der Waals surface area contributed by atoms with Gasteiger partial charge < -0.3 is 5.11 Å². The molecule has 1 nitrogen and oxygen atoms in total. The van der Waals surface area contributed by atoms with Crippen molar-refractivity contribution in [2.45, 2.75) is 31.1 Å². The normalized spacial score (nSPS) is 12.8. The summed E-state index contributed by atoms with van der Waals surface area (Å²) in [6.45, 7) is 6.43. The standard InChI is InChI=1S/C12H20OS/c1-12(2,3)11-9(13)7-6-8-10(11)14(4)5/h6-8,13-14H,1-5H3. The second-order valence-corrected chi connectivity index (χ2v) is 7.09. The molecule has 80 valence electrons. The van der Waals surface area contributed by atoms with Crippen molar-refractivity contribution in [1.29, 1.82) is 0 Å². The first kappa shape index (κ1) is 11.4. The van der Waals surface area contributed by atoms with Crippen LogP contribution in [0.4, 0.5) is 0 Å². The van der Waals surface area contributed by atoms with Crippen molar-refractivity contribution >= 4 is 10.9 Å². The zero-order chi connectivity index (χ0) is 10.9. The van der Waals surface area contributed by atoms with Gasteiger partial charge in [0.2, 0.25) is 0 Å². The van der Waals surface area contributed by atoms with Gasteiger partial charge >= 0.3 is 0 Å². The Morgan fingerprint density at radius 1 is 1.14 bits per heavy atom. The highest BCUT2D eigenvalue weighted by molar-refractivity contribution is 8.15. The molecule has 14 heavy (non-hydrogen) atoms. The Kier molecular flexibility index (Phi) is 3.15. The van der Waals surface area contributed by atoms with Gasteiger partial charge in [0.15, 0.2) is 0 Å². The molecular weight excluding hydrogens is 192 g/mol. The highest BCUT2D eigenvalue weighted by atomic mass is 32.2. The maximum absolute atomic E-state index is 9.89. The van der Waals surface area contributed by atoms with Crippen LogP contribution in [0.5, 0.6) is 5.75 Å². The third-order valence-corrected chi connectivity index (χ3v) is 3.59. The zero-order valence-corrected chi connectivity index (χ0v) is 10.5. The molecule has 0 aliphatic heterocycles. The van der Waals surface area contributed by atoms with Crippen LogP contribution in [-0.2, 0) is 5.41 Å². The Labute approximate surface area is 89.5 Å². The second-order valence-electron chi connectivity index (χ2n) is 4.82. The monoisotopic (exact) mass is 212 g/mol. The lowest BCUT2D eigenvalue weighted by Crippen LogP contribution is -2.13. The van der Waals surface area contributed by atoms with E-state index in [1.54, 1.807) is 6.07 Å². The molecule has 0 aromatic heterocycles. The predicted octanol–water partition coefficient (Wildman–Crippen LogP) is 3.31. The van der Waals surface area contributed by atoms with Crippen LogP contribution in [0.15, 0.2) is 23.1 Å². The van der Waals surface area contributed by atoms with Crippen LogP contribution in [-0.4, -0.2) is 17.6 Å². The molecule has 0 aliphatic rings. The lowest BCUT2D eigenvalue weighted by Gasteiger charge is -2.26. The Morgan fingerprint density at radius 3 is 2.07 bits per heavy atom. The predicted molar refractivity (Wildman–Crippen MR) is 65.9 cm³/mol. The summed E-state index contributed by atoms with van der Waals surface area (Å²) in [4.78, 5) is 1.31. The molecule has 0 saturated heterocycles. The van der Waals surface area contributed by atoms with Crippen molar-refractivity contribution in [2.24, 2.45) is 0 Å². The fourth-order valence-electron chi connectivity index (χ4n) is 1.67. The maximum Gasteiger partial charge on any atom is 0.120 e. The first-order valence-electron chi connectivity index (χ1n) is 4.84. The second kappa shape index (κ2) is 3.85. The molecular formula is C12H20OS. The summed E-state index contributed by atoms with van der Waals surface area (Å²) in [7, 11) is -0.157. The molecule has 0 heterocycles. The minimum absolute atomic E-state index is 0.0211. The largest absolute Gasteiger partial charge is 0.508 e. The Hall–Kier alpha value is -0.630. The quantitative estimate of drug-likeness (QED) is 0.684. The minimum atomic E-state index is -0.157. The van der Waals surface area contributed by atoms with E-state index in [4.69, 9.17) is 0 Å². The number of hydrogen-bond acceptors (Lipinski definition) is 1. The average Bonchev–Trinajstić information content (AvgIpc) is 2.01. The van der Waals surface area contributed by atoms with E-state index in [0.717, 1.165) is 5.56 Å². The number of phenols is 1.